The molecule has 2 nitrogen and oxygen atoms in total. The predicted octanol–water partition coefficient (Wildman–Crippen LogP) is 3.01. The van der Waals surface area contributed by atoms with Crippen LogP contribution in [0.1, 0.15) is 0 Å². The highest BCUT2D eigenvalue weighted by Crippen LogP contribution is 2.18. The molecule has 2 aromatic rings. The number of fused-ring (bicyclic) bond motifs is 1. The van der Waals surface area contributed by atoms with Gasteiger partial charge in [-0.15, -0.1) is 0 Å². The predicted molar refractivity (Wildman–Crippen MR) is 62.1 cm³/mol. The number of alkyl halides is 1. The van der Waals surface area contributed by atoms with Crippen molar-refractivity contribution in [2.75, 3.05) is 0 Å². The van der Waals surface area contributed by atoms with Crippen LogP contribution in [-0.2, 0) is 5.45 Å². The van der Waals surface area contributed by atoms with Gasteiger partial charge >= 0.3 is 0 Å². The molecular weight excluding hydrogens is 265 g/mol. The molecule has 72 valence electrons. The van der Waals surface area contributed by atoms with E-state index in [1.165, 1.54) is 0 Å². The van der Waals surface area contributed by atoms with Crippen molar-refractivity contribution in [1.29, 1.82) is 0 Å². The summed E-state index contributed by atoms with van der Waals surface area (Å²) in [6.45, 7) is 0. The number of nitrogens with zero attached hydrogens (tertiary/aromatic N) is 1. The van der Waals surface area contributed by atoms with Crippen molar-refractivity contribution in [2.24, 2.45) is 0 Å². The lowest BCUT2D eigenvalue weighted by atomic mass is 10.2. The third kappa shape index (κ3) is 1.57. The summed E-state index contributed by atoms with van der Waals surface area (Å²) in [5, 5.41) is 1.64. The zero-order valence-corrected chi connectivity index (χ0v) is 9.55. The van der Waals surface area contributed by atoms with E-state index in [1.54, 1.807) is 22.8 Å². The zero-order valence-electron chi connectivity index (χ0n) is 7.21. The Hall–Kier alpha value is -0.800. The summed E-state index contributed by atoms with van der Waals surface area (Å²) in [4.78, 5) is 11.5. The van der Waals surface area contributed by atoms with E-state index in [0.29, 0.717) is 10.5 Å². The molecule has 0 aliphatic rings. The van der Waals surface area contributed by atoms with Crippen LogP contribution in [0.5, 0.6) is 0 Å². The summed E-state index contributed by atoms with van der Waals surface area (Å²) < 4.78 is 1.63. The molecule has 0 amide bonds. The smallest absolute Gasteiger partial charge is 0.251 e. The molecule has 0 atom stereocenters. The van der Waals surface area contributed by atoms with Crippen LogP contribution < -0.4 is 5.56 Å². The fraction of sp³-hybridized carbons (Fsp3) is 0.100. The largest absolute Gasteiger partial charge is 0.298 e. The second-order valence-electron chi connectivity index (χ2n) is 2.92. The highest BCUT2D eigenvalue weighted by molar-refractivity contribution is 9.08. The lowest BCUT2D eigenvalue weighted by molar-refractivity contribution is 0.895. The molecule has 1 aromatic carbocycles. The minimum Gasteiger partial charge on any atom is -0.298 e. The molecule has 0 bridgehead atoms. The molecule has 0 saturated carbocycles. The van der Waals surface area contributed by atoms with Crippen LogP contribution in [-0.4, -0.2) is 4.57 Å². The van der Waals surface area contributed by atoms with Gasteiger partial charge in [-0.3, -0.25) is 9.36 Å². The van der Waals surface area contributed by atoms with Gasteiger partial charge in [-0.05, 0) is 23.6 Å². The number of rotatable bonds is 1. The maximum atomic E-state index is 11.5. The SMILES string of the molecule is O=c1ccc2ccc(Cl)cc2n1CBr. The van der Waals surface area contributed by atoms with E-state index in [1.807, 2.05) is 12.1 Å². The number of hydrogen-bond acceptors (Lipinski definition) is 1. The Morgan fingerprint density at radius 3 is 2.71 bits per heavy atom. The third-order valence-electron chi connectivity index (χ3n) is 2.07. The van der Waals surface area contributed by atoms with E-state index < -0.39 is 0 Å². The monoisotopic (exact) mass is 271 g/mol. The first-order valence-electron chi connectivity index (χ1n) is 4.07. The Morgan fingerprint density at radius 1 is 1.29 bits per heavy atom. The van der Waals surface area contributed by atoms with Gasteiger partial charge in [0.25, 0.3) is 5.56 Å². The Balaban J connectivity index is 2.91. The maximum absolute atomic E-state index is 11.5. The Bertz CT molecular complexity index is 535. The lowest BCUT2D eigenvalue weighted by Crippen LogP contribution is -2.16. The van der Waals surface area contributed by atoms with Crippen LogP contribution >= 0.6 is 27.5 Å². The van der Waals surface area contributed by atoms with Gasteiger partial charge in [0, 0.05) is 11.1 Å². The molecule has 1 aromatic heterocycles. The molecular formula is C10H7BrClNO. The molecule has 2 rings (SSSR count). The second-order valence-corrected chi connectivity index (χ2v) is 3.86. The fourth-order valence-corrected chi connectivity index (χ4v) is 2.07. The standard InChI is InChI=1S/C10H7BrClNO/c11-6-13-9-5-8(12)3-1-7(9)2-4-10(13)14/h1-5H,6H2. The summed E-state index contributed by atoms with van der Waals surface area (Å²) in [5.41, 5.74) is 1.29. The molecule has 0 saturated heterocycles. The van der Waals surface area contributed by atoms with E-state index in [4.69, 9.17) is 11.6 Å². The van der Waals surface area contributed by atoms with Crippen LogP contribution in [0.4, 0.5) is 0 Å². The number of benzene rings is 1. The Morgan fingerprint density at radius 2 is 2.00 bits per heavy atom. The van der Waals surface area contributed by atoms with Gasteiger partial charge in [-0.1, -0.05) is 33.6 Å². The third-order valence-corrected chi connectivity index (χ3v) is 2.81. The molecule has 1 heterocycles. The number of hydrogen-bond donors (Lipinski definition) is 0. The molecule has 0 aliphatic heterocycles. The van der Waals surface area contributed by atoms with Crippen molar-refractivity contribution >= 4 is 38.4 Å². The van der Waals surface area contributed by atoms with Crippen LogP contribution in [0.2, 0.25) is 5.02 Å². The van der Waals surface area contributed by atoms with E-state index in [2.05, 4.69) is 15.9 Å². The summed E-state index contributed by atoms with van der Waals surface area (Å²) in [7, 11) is 0. The van der Waals surface area contributed by atoms with Crippen molar-refractivity contribution in [1.82, 2.24) is 4.57 Å². The molecule has 0 radical (unpaired) electrons. The van der Waals surface area contributed by atoms with Gasteiger partial charge in [0.05, 0.1) is 11.0 Å². The molecule has 0 unspecified atom stereocenters. The number of pyridine rings is 1. The van der Waals surface area contributed by atoms with Crippen molar-refractivity contribution in [3.8, 4) is 0 Å². The van der Waals surface area contributed by atoms with Crippen LogP contribution in [0.3, 0.4) is 0 Å². The Kier molecular flexibility index (Phi) is 2.61. The molecule has 4 heteroatoms. The molecule has 0 aliphatic carbocycles. The molecule has 0 N–H and O–H groups in total. The van der Waals surface area contributed by atoms with Gasteiger partial charge in [0.15, 0.2) is 0 Å². The lowest BCUT2D eigenvalue weighted by Gasteiger charge is -2.06. The minimum atomic E-state index is -0.0309. The first kappa shape index (κ1) is 9.74. The quantitative estimate of drug-likeness (QED) is 0.732. The summed E-state index contributed by atoms with van der Waals surface area (Å²) in [5.74, 6) is 0. The summed E-state index contributed by atoms with van der Waals surface area (Å²) in [6, 6.07) is 8.85. The van der Waals surface area contributed by atoms with Crippen LogP contribution in [0, 0.1) is 0 Å². The summed E-state index contributed by atoms with van der Waals surface area (Å²) >= 11 is 9.14. The first-order valence-corrected chi connectivity index (χ1v) is 5.57. The molecule has 0 spiro atoms. The van der Waals surface area contributed by atoms with Gasteiger partial charge in [-0.25, -0.2) is 0 Å². The maximum Gasteiger partial charge on any atom is 0.251 e. The average Bonchev–Trinajstić information content (AvgIpc) is 2.17. The summed E-state index contributed by atoms with van der Waals surface area (Å²) in [6.07, 6.45) is 0. The fourth-order valence-electron chi connectivity index (χ4n) is 1.38. The van der Waals surface area contributed by atoms with Gasteiger partial charge in [0.2, 0.25) is 0 Å². The van der Waals surface area contributed by atoms with Gasteiger partial charge < -0.3 is 0 Å². The average molecular weight is 273 g/mol. The highest BCUT2D eigenvalue weighted by Gasteiger charge is 2.01. The Labute approximate surface area is 94.2 Å². The first-order chi connectivity index (χ1) is 6.72. The molecule has 0 fully saturated rings. The van der Waals surface area contributed by atoms with Gasteiger partial charge in [0.1, 0.15) is 0 Å². The number of halogens is 2. The van der Waals surface area contributed by atoms with Gasteiger partial charge in [-0.2, -0.15) is 0 Å². The highest BCUT2D eigenvalue weighted by atomic mass is 79.9. The van der Waals surface area contributed by atoms with Crippen molar-refractivity contribution in [2.45, 2.75) is 5.45 Å². The zero-order chi connectivity index (χ0) is 10.1. The van der Waals surface area contributed by atoms with Crippen molar-refractivity contribution in [3.05, 3.63) is 45.7 Å². The topological polar surface area (TPSA) is 22.0 Å². The van der Waals surface area contributed by atoms with Crippen molar-refractivity contribution < 1.29 is 0 Å². The van der Waals surface area contributed by atoms with E-state index >= 15 is 0 Å². The normalized spacial score (nSPS) is 10.7. The minimum absolute atomic E-state index is 0.0309. The second kappa shape index (κ2) is 3.75. The molecule has 14 heavy (non-hydrogen) atoms. The van der Waals surface area contributed by atoms with E-state index in [-0.39, 0.29) is 5.56 Å². The van der Waals surface area contributed by atoms with E-state index in [9.17, 15) is 4.79 Å². The van der Waals surface area contributed by atoms with E-state index in [0.717, 1.165) is 10.9 Å². The van der Waals surface area contributed by atoms with Crippen LogP contribution in [0.15, 0.2) is 35.1 Å². The number of aromatic nitrogens is 1. The van der Waals surface area contributed by atoms with Crippen molar-refractivity contribution in [3.63, 3.8) is 0 Å². The van der Waals surface area contributed by atoms with Crippen LogP contribution in [0.25, 0.3) is 10.9 Å².